The summed E-state index contributed by atoms with van der Waals surface area (Å²) in [5, 5.41) is 10.1. The normalized spacial score (nSPS) is 10.7. The number of carbonyl (C=O) groups excluding carboxylic acids is 1. The fourth-order valence-electron chi connectivity index (χ4n) is 2.28. The lowest BCUT2D eigenvalue weighted by molar-refractivity contribution is -0.121. The lowest BCUT2D eigenvalue weighted by atomic mass is 10.3. The van der Waals surface area contributed by atoms with Crippen molar-refractivity contribution in [2.45, 2.75) is 26.3 Å². The molecule has 1 N–H and O–H groups in total. The second-order valence-electron chi connectivity index (χ2n) is 5.51. The van der Waals surface area contributed by atoms with Crippen LogP contribution in [0.5, 0.6) is 0 Å². The number of nitrogens with zero attached hydrogens (tertiary/aromatic N) is 4. The SMILES string of the molecule is Cc1cnn(CC(=O)NCCCc2nc(-c3ccccn3)cs2)c1. The van der Waals surface area contributed by atoms with Crippen molar-refractivity contribution in [3.05, 3.63) is 52.7 Å². The third kappa shape index (κ3) is 4.48. The molecule has 0 spiro atoms. The van der Waals surface area contributed by atoms with Crippen molar-refractivity contribution >= 4 is 17.2 Å². The molecule has 6 nitrogen and oxygen atoms in total. The van der Waals surface area contributed by atoms with Gasteiger partial charge >= 0.3 is 0 Å². The summed E-state index contributed by atoms with van der Waals surface area (Å²) in [6.07, 6.45) is 7.08. The molecule has 0 saturated carbocycles. The van der Waals surface area contributed by atoms with Gasteiger partial charge in [-0.15, -0.1) is 11.3 Å². The largest absolute Gasteiger partial charge is 0.354 e. The van der Waals surface area contributed by atoms with E-state index in [2.05, 4.69) is 20.4 Å². The number of pyridine rings is 1. The third-order valence-electron chi connectivity index (χ3n) is 3.44. The predicted octanol–water partition coefficient (Wildman–Crippen LogP) is 2.46. The number of hydrogen-bond donors (Lipinski definition) is 1. The minimum absolute atomic E-state index is 0.0218. The molecule has 0 aliphatic rings. The van der Waals surface area contributed by atoms with Crippen LogP contribution in [0.2, 0.25) is 0 Å². The minimum Gasteiger partial charge on any atom is -0.354 e. The van der Waals surface area contributed by atoms with Crippen molar-refractivity contribution in [2.24, 2.45) is 0 Å². The zero-order valence-corrected chi connectivity index (χ0v) is 14.3. The molecule has 24 heavy (non-hydrogen) atoms. The van der Waals surface area contributed by atoms with Crippen LogP contribution in [-0.4, -0.2) is 32.2 Å². The molecule has 3 heterocycles. The smallest absolute Gasteiger partial charge is 0.241 e. The third-order valence-corrected chi connectivity index (χ3v) is 4.35. The van der Waals surface area contributed by atoms with E-state index in [4.69, 9.17) is 0 Å². The average Bonchev–Trinajstić information content (AvgIpc) is 3.22. The summed E-state index contributed by atoms with van der Waals surface area (Å²) in [5.74, 6) is -0.0218. The van der Waals surface area contributed by atoms with E-state index < -0.39 is 0 Å². The highest BCUT2D eigenvalue weighted by molar-refractivity contribution is 7.09. The Kier molecular flexibility index (Phi) is 5.32. The molecule has 3 aromatic heterocycles. The molecule has 1 amide bonds. The molecule has 0 aromatic carbocycles. The van der Waals surface area contributed by atoms with E-state index in [0.717, 1.165) is 34.8 Å². The highest BCUT2D eigenvalue weighted by Gasteiger charge is 2.06. The molecule has 3 rings (SSSR count). The number of carbonyl (C=O) groups is 1. The number of amides is 1. The van der Waals surface area contributed by atoms with Crippen LogP contribution < -0.4 is 5.32 Å². The number of rotatable bonds is 7. The first kappa shape index (κ1) is 16.3. The van der Waals surface area contributed by atoms with Crippen LogP contribution in [-0.2, 0) is 17.8 Å². The predicted molar refractivity (Wildman–Crippen MR) is 93.6 cm³/mol. The van der Waals surface area contributed by atoms with Crippen molar-refractivity contribution in [3.63, 3.8) is 0 Å². The number of aryl methyl sites for hydroxylation is 2. The number of nitrogens with one attached hydrogen (secondary N) is 1. The Morgan fingerprint density at radius 2 is 2.25 bits per heavy atom. The standard InChI is InChI=1S/C17H19N5OS/c1-13-9-20-22(10-13)11-16(23)19-8-4-6-17-21-15(12-24-17)14-5-2-3-7-18-14/h2-3,5,7,9-10,12H,4,6,8,11H2,1H3,(H,19,23). The average molecular weight is 341 g/mol. The van der Waals surface area contributed by atoms with Gasteiger partial charge < -0.3 is 5.32 Å². The highest BCUT2D eigenvalue weighted by Crippen LogP contribution is 2.20. The lowest BCUT2D eigenvalue weighted by Crippen LogP contribution is -2.28. The first-order chi connectivity index (χ1) is 11.7. The molecule has 0 unspecified atom stereocenters. The van der Waals surface area contributed by atoms with Crippen LogP contribution >= 0.6 is 11.3 Å². The van der Waals surface area contributed by atoms with Crippen LogP contribution in [0.25, 0.3) is 11.4 Å². The van der Waals surface area contributed by atoms with Crippen LogP contribution in [0.3, 0.4) is 0 Å². The molecule has 0 aliphatic heterocycles. The van der Waals surface area contributed by atoms with Crippen molar-refractivity contribution in [1.82, 2.24) is 25.1 Å². The molecule has 0 atom stereocenters. The maximum absolute atomic E-state index is 11.8. The Labute approximate surface area is 144 Å². The van der Waals surface area contributed by atoms with Gasteiger partial charge in [-0.1, -0.05) is 6.07 Å². The van der Waals surface area contributed by atoms with E-state index in [1.807, 2.05) is 36.7 Å². The summed E-state index contributed by atoms with van der Waals surface area (Å²) >= 11 is 1.63. The van der Waals surface area contributed by atoms with Crippen molar-refractivity contribution in [3.8, 4) is 11.4 Å². The second-order valence-corrected chi connectivity index (χ2v) is 6.45. The lowest BCUT2D eigenvalue weighted by Gasteiger charge is -2.04. The van der Waals surface area contributed by atoms with Crippen LogP contribution in [0.1, 0.15) is 17.0 Å². The zero-order valence-electron chi connectivity index (χ0n) is 13.5. The molecule has 3 aromatic rings. The van der Waals surface area contributed by atoms with E-state index in [9.17, 15) is 4.79 Å². The number of aromatic nitrogens is 4. The topological polar surface area (TPSA) is 72.7 Å². The first-order valence-corrected chi connectivity index (χ1v) is 8.70. The van der Waals surface area contributed by atoms with Gasteiger partial charge in [0, 0.05) is 30.7 Å². The van der Waals surface area contributed by atoms with Crippen molar-refractivity contribution in [2.75, 3.05) is 6.54 Å². The molecule has 124 valence electrons. The second kappa shape index (κ2) is 7.83. The van der Waals surface area contributed by atoms with E-state index in [1.165, 1.54) is 0 Å². The summed E-state index contributed by atoms with van der Waals surface area (Å²) < 4.78 is 1.64. The van der Waals surface area contributed by atoms with Crippen LogP contribution in [0.4, 0.5) is 0 Å². The summed E-state index contributed by atoms with van der Waals surface area (Å²) in [6, 6.07) is 5.80. The van der Waals surface area contributed by atoms with E-state index in [-0.39, 0.29) is 12.5 Å². The highest BCUT2D eigenvalue weighted by atomic mass is 32.1. The van der Waals surface area contributed by atoms with Gasteiger partial charge in [-0.3, -0.25) is 14.5 Å². The van der Waals surface area contributed by atoms with Gasteiger partial charge in [0.05, 0.1) is 22.6 Å². The van der Waals surface area contributed by atoms with Gasteiger partial charge in [0.1, 0.15) is 6.54 Å². The molecular weight excluding hydrogens is 322 g/mol. The van der Waals surface area contributed by atoms with Gasteiger partial charge in [-0.2, -0.15) is 5.10 Å². The molecule has 7 heteroatoms. The Hall–Kier alpha value is -2.54. The molecule has 0 aliphatic carbocycles. The summed E-state index contributed by atoms with van der Waals surface area (Å²) in [4.78, 5) is 20.7. The van der Waals surface area contributed by atoms with E-state index in [0.29, 0.717) is 6.54 Å². The Balaban J connectivity index is 1.40. The molecule has 0 radical (unpaired) electrons. The van der Waals surface area contributed by atoms with Crippen molar-refractivity contribution in [1.29, 1.82) is 0 Å². The number of thiazole rings is 1. The fraction of sp³-hybridized carbons (Fsp3) is 0.294. The summed E-state index contributed by atoms with van der Waals surface area (Å²) in [5.41, 5.74) is 2.85. The summed E-state index contributed by atoms with van der Waals surface area (Å²) in [6.45, 7) is 2.85. The Morgan fingerprint density at radius 1 is 1.33 bits per heavy atom. The molecule has 0 bridgehead atoms. The molecule has 0 saturated heterocycles. The molecule has 0 fully saturated rings. The quantitative estimate of drug-likeness (QED) is 0.670. The van der Waals surface area contributed by atoms with E-state index in [1.54, 1.807) is 28.4 Å². The van der Waals surface area contributed by atoms with Crippen LogP contribution in [0, 0.1) is 6.92 Å². The first-order valence-electron chi connectivity index (χ1n) is 7.82. The Bertz CT molecular complexity index is 796. The van der Waals surface area contributed by atoms with Gasteiger partial charge in [-0.05, 0) is 31.0 Å². The Morgan fingerprint density at radius 3 is 3.00 bits per heavy atom. The maximum Gasteiger partial charge on any atom is 0.241 e. The number of hydrogen-bond acceptors (Lipinski definition) is 5. The van der Waals surface area contributed by atoms with Gasteiger partial charge in [0.25, 0.3) is 0 Å². The van der Waals surface area contributed by atoms with E-state index >= 15 is 0 Å². The zero-order chi connectivity index (χ0) is 16.8. The molecular formula is C17H19N5OS. The van der Waals surface area contributed by atoms with Gasteiger partial charge in [0.2, 0.25) is 5.91 Å². The van der Waals surface area contributed by atoms with Gasteiger partial charge in [-0.25, -0.2) is 4.98 Å². The van der Waals surface area contributed by atoms with Crippen LogP contribution in [0.15, 0.2) is 42.2 Å². The maximum atomic E-state index is 11.8. The monoisotopic (exact) mass is 341 g/mol. The van der Waals surface area contributed by atoms with Gasteiger partial charge in [0.15, 0.2) is 0 Å². The van der Waals surface area contributed by atoms with Crippen molar-refractivity contribution < 1.29 is 4.79 Å². The fourth-order valence-corrected chi connectivity index (χ4v) is 3.12. The summed E-state index contributed by atoms with van der Waals surface area (Å²) in [7, 11) is 0. The minimum atomic E-state index is -0.0218.